The van der Waals surface area contributed by atoms with Gasteiger partial charge < -0.3 is 10.6 Å². The molecule has 1 saturated heterocycles. The van der Waals surface area contributed by atoms with Crippen molar-refractivity contribution < 1.29 is 13.6 Å². The van der Waals surface area contributed by atoms with E-state index in [4.69, 9.17) is 5.10 Å². The summed E-state index contributed by atoms with van der Waals surface area (Å²) in [5.41, 5.74) is 2.13. The Hall–Kier alpha value is -2.94. The summed E-state index contributed by atoms with van der Waals surface area (Å²) < 4.78 is 29.7. The highest BCUT2D eigenvalue weighted by Gasteiger charge is 2.37. The molecule has 4 heterocycles. The summed E-state index contributed by atoms with van der Waals surface area (Å²) in [4.78, 5) is 20.3. The minimum atomic E-state index is -2.70. The van der Waals surface area contributed by atoms with E-state index in [0.29, 0.717) is 17.3 Å². The lowest BCUT2D eigenvalue weighted by molar-refractivity contribution is -0.117. The summed E-state index contributed by atoms with van der Waals surface area (Å²) in [5.74, 6) is -1.19. The number of amides is 1. The molecule has 5 rings (SSSR count). The van der Waals surface area contributed by atoms with Crippen molar-refractivity contribution >= 4 is 22.6 Å². The lowest BCUT2D eigenvalue weighted by Crippen LogP contribution is -2.36. The van der Waals surface area contributed by atoms with Gasteiger partial charge in [0.15, 0.2) is 0 Å². The van der Waals surface area contributed by atoms with Gasteiger partial charge in [0.05, 0.1) is 17.5 Å². The van der Waals surface area contributed by atoms with Gasteiger partial charge in [-0.15, -0.1) is 0 Å². The van der Waals surface area contributed by atoms with Crippen molar-refractivity contribution in [1.82, 2.24) is 25.1 Å². The molecule has 2 aliphatic heterocycles. The van der Waals surface area contributed by atoms with Gasteiger partial charge in [0.25, 0.3) is 0 Å². The van der Waals surface area contributed by atoms with Gasteiger partial charge in [-0.2, -0.15) is 5.10 Å². The third-order valence-electron chi connectivity index (χ3n) is 6.11. The van der Waals surface area contributed by atoms with E-state index in [-0.39, 0.29) is 23.8 Å². The lowest BCUT2D eigenvalue weighted by atomic mass is 9.90. The fourth-order valence-corrected chi connectivity index (χ4v) is 4.62. The van der Waals surface area contributed by atoms with Crippen LogP contribution in [-0.2, 0) is 4.79 Å². The molecule has 1 aromatic carbocycles. The van der Waals surface area contributed by atoms with Crippen molar-refractivity contribution in [3.05, 3.63) is 36.2 Å². The maximum atomic E-state index is 13.9. The van der Waals surface area contributed by atoms with Crippen LogP contribution < -0.4 is 10.6 Å². The fraction of sp³-hybridized carbons (Fsp3) is 0.429. The molecule has 3 atom stereocenters. The third-order valence-corrected chi connectivity index (χ3v) is 6.11. The van der Waals surface area contributed by atoms with Crippen molar-refractivity contribution in [3.63, 3.8) is 0 Å². The largest absolute Gasteiger partial charge is 0.316 e. The number of hydrogen-bond acceptors (Lipinski definition) is 5. The molecule has 0 bridgehead atoms. The second kappa shape index (κ2) is 7.39. The van der Waals surface area contributed by atoms with Crippen molar-refractivity contribution in [2.24, 2.45) is 5.92 Å². The molecule has 2 aliphatic rings. The van der Waals surface area contributed by atoms with Crippen molar-refractivity contribution in [2.45, 2.75) is 38.2 Å². The summed E-state index contributed by atoms with van der Waals surface area (Å²) >= 11 is 0. The first-order valence-corrected chi connectivity index (χ1v) is 10.2. The summed E-state index contributed by atoms with van der Waals surface area (Å²) in [5, 5.41) is 11.8. The van der Waals surface area contributed by atoms with Gasteiger partial charge in [0.2, 0.25) is 12.3 Å². The fourth-order valence-electron chi connectivity index (χ4n) is 4.62. The summed E-state index contributed by atoms with van der Waals surface area (Å²) in [7, 11) is 0. The number of rotatable bonds is 3. The van der Waals surface area contributed by atoms with Crippen LogP contribution in [0.3, 0.4) is 0 Å². The molecule has 2 aromatic heterocycles. The molecule has 0 radical (unpaired) electrons. The molecule has 1 fully saturated rings. The van der Waals surface area contributed by atoms with E-state index in [9.17, 15) is 13.6 Å². The average molecular weight is 412 g/mol. The Balaban J connectivity index is 1.72. The maximum absolute atomic E-state index is 13.9. The number of anilines is 1. The summed E-state index contributed by atoms with van der Waals surface area (Å²) in [6, 6.07) is 8.00. The minimum Gasteiger partial charge on any atom is -0.316 e. The van der Waals surface area contributed by atoms with E-state index in [1.165, 1.54) is 6.33 Å². The standard InChI is InChI=1S/C21H22F2N6O/c1-11-9-24-7-6-14(11)29-15-5-3-2-4-12(15)18(28-29)19-17-13(20(22)23)8-16(30)27-21(17)26-10-25-19/h2-5,10-11,13-14,20,24H,6-9H2,1H3,(H,25,26,27,30)/t11-,13-,14+/m1/s1. The quantitative estimate of drug-likeness (QED) is 0.689. The Labute approximate surface area is 171 Å². The zero-order chi connectivity index (χ0) is 20.8. The molecule has 9 heteroatoms. The molecular weight excluding hydrogens is 390 g/mol. The molecule has 1 amide bonds. The minimum absolute atomic E-state index is 0.149. The van der Waals surface area contributed by atoms with Gasteiger partial charge in [-0.1, -0.05) is 25.1 Å². The molecule has 0 saturated carbocycles. The Morgan fingerprint density at radius 3 is 2.83 bits per heavy atom. The number of aromatic nitrogens is 4. The van der Waals surface area contributed by atoms with Crippen molar-refractivity contribution in [2.75, 3.05) is 18.4 Å². The summed E-state index contributed by atoms with van der Waals surface area (Å²) in [6.07, 6.45) is -0.764. The smallest absolute Gasteiger partial charge is 0.246 e. The molecule has 7 nitrogen and oxygen atoms in total. The highest BCUT2D eigenvalue weighted by molar-refractivity contribution is 5.98. The van der Waals surface area contributed by atoms with Crippen LogP contribution in [0.15, 0.2) is 30.6 Å². The van der Waals surface area contributed by atoms with Crippen LogP contribution >= 0.6 is 0 Å². The Morgan fingerprint density at radius 2 is 2.03 bits per heavy atom. The van der Waals surface area contributed by atoms with E-state index in [2.05, 4.69) is 27.5 Å². The third kappa shape index (κ3) is 3.04. The van der Waals surface area contributed by atoms with Gasteiger partial charge in [-0.25, -0.2) is 18.7 Å². The predicted octanol–water partition coefficient (Wildman–Crippen LogP) is 3.35. The van der Waals surface area contributed by atoms with Crippen LogP contribution in [0.5, 0.6) is 0 Å². The maximum Gasteiger partial charge on any atom is 0.246 e. The molecule has 0 aliphatic carbocycles. The monoisotopic (exact) mass is 412 g/mol. The number of halogens is 2. The van der Waals surface area contributed by atoms with E-state index in [1.54, 1.807) is 0 Å². The number of alkyl halides is 2. The number of benzene rings is 1. The highest BCUT2D eigenvalue weighted by atomic mass is 19.3. The van der Waals surface area contributed by atoms with E-state index in [0.717, 1.165) is 30.4 Å². The molecule has 2 N–H and O–H groups in total. The first-order valence-electron chi connectivity index (χ1n) is 10.2. The number of nitrogens with one attached hydrogen (secondary N) is 2. The molecule has 156 valence electrons. The number of fused-ring (bicyclic) bond motifs is 2. The van der Waals surface area contributed by atoms with Gasteiger partial charge in [-0.3, -0.25) is 9.48 Å². The molecular formula is C21H22F2N6O. The Bertz CT molecular complexity index is 1110. The number of carbonyl (C=O) groups excluding carboxylic acids is 1. The van der Waals surface area contributed by atoms with E-state index >= 15 is 0 Å². The van der Waals surface area contributed by atoms with Crippen LogP contribution in [0.25, 0.3) is 22.3 Å². The zero-order valence-corrected chi connectivity index (χ0v) is 16.5. The molecule has 0 unspecified atom stereocenters. The molecule has 30 heavy (non-hydrogen) atoms. The van der Waals surface area contributed by atoms with Crippen LogP contribution in [-0.4, -0.2) is 45.2 Å². The number of carbonyl (C=O) groups is 1. The highest BCUT2D eigenvalue weighted by Crippen LogP contribution is 2.42. The van der Waals surface area contributed by atoms with Crippen LogP contribution in [0.1, 0.15) is 37.3 Å². The van der Waals surface area contributed by atoms with E-state index < -0.39 is 18.3 Å². The number of nitrogens with zero attached hydrogens (tertiary/aromatic N) is 4. The first kappa shape index (κ1) is 19.0. The normalized spacial score (nSPS) is 24.1. The zero-order valence-electron chi connectivity index (χ0n) is 16.5. The topological polar surface area (TPSA) is 84.7 Å². The number of para-hydroxylation sites is 1. The first-order chi connectivity index (χ1) is 14.5. The van der Waals surface area contributed by atoms with Gasteiger partial charge >= 0.3 is 0 Å². The Kier molecular flexibility index (Phi) is 4.69. The molecule has 3 aromatic rings. The average Bonchev–Trinajstić information content (AvgIpc) is 3.12. The second-order valence-electron chi connectivity index (χ2n) is 8.03. The van der Waals surface area contributed by atoms with Gasteiger partial charge in [0.1, 0.15) is 23.5 Å². The lowest BCUT2D eigenvalue weighted by Gasteiger charge is -2.30. The van der Waals surface area contributed by atoms with Crippen LogP contribution in [0.4, 0.5) is 14.6 Å². The van der Waals surface area contributed by atoms with E-state index in [1.807, 2.05) is 28.9 Å². The van der Waals surface area contributed by atoms with Gasteiger partial charge in [-0.05, 0) is 31.5 Å². The van der Waals surface area contributed by atoms with Gasteiger partial charge in [0, 0.05) is 17.4 Å². The number of piperidine rings is 1. The van der Waals surface area contributed by atoms with Crippen molar-refractivity contribution in [3.8, 4) is 11.4 Å². The predicted molar refractivity (Wildman–Crippen MR) is 108 cm³/mol. The second-order valence-corrected chi connectivity index (χ2v) is 8.03. The molecule has 0 spiro atoms. The van der Waals surface area contributed by atoms with Crippen LogP contribution in [0, 0.1) is 5.92 Å². The van der Waals surface area contributed by atoms with Crippen LogP contribution in [0.2, 0.25) is 0 Å². The number of hydrogen-bond donors (Lipinski definition) is 2. The Morgan fingerprint density at radius 1 is 1.20 bits per heavy atom. The van der Waals surface area contributed by atoms with Crippen molar-refractivity contribution in [1.29, 1.82) is 0 Å². The summed E-state index contributed by atoms with van der Waals surface area (Å²) in [6.45, 7) is 3.99. The SMILES string of the molecule is C[C@@H]1CNCC[C@@H]1n1nc(-c2ncnc3c2[C@H](C(F)F)CC(=O)N3)c2ccccc21.